The third-order valence-corrected chi connectivity index (χ3v) is 7.54. The Morgan fingerprint density at radius 1 is 1.00 bits per heavy atom. The van der Waals surface area contributed by atoms with E-state index in [0.29, 0.717) is 17.7 Å². The van der Waals surface area contributed by atoms with Gasteiger partial charge in [-0.2, -0.15) is 0 Å². The summed E-state index contributed by atoms with van der Waals surface area (Å²) in [5, 5.41) is 17.7. The second kappa shape index (κ2) is 8.24. The molecule has 10 heteroatoms. The Morgan fingerprint density at radius 3 is 2.46 bits per heavy atom. The van der Waals surface area contributed by atoms with Gasteiger partial charge in [-0.1, -0.05) is 48.5 Å². The molecule has 3 amide bonds. The van der Waals surface area contributed by atoms with Crippen LogP contribution in [0.2, 0.25) is 0 Å². The normalized spacial score (nSPS) is 25.8. The summed E-state index contributed by atoms with van der Waals surface area (Å²) in [6.07, 6.45) is 0.401. The Labute approximate surface area is 211 Å². The summed E-state index contributed by atoms with van der Waals surface area (Å²) in [7, 11) is 1.36. The van der Waals surface area contributed by atoms with E-state index >= 15 is 0 Å². The number of rotatable bonds is 5. The molecule has 0 unspecified atom stereocenters. The molecule has 1 spiro atoms. The number of hydrogen-bond acceptors (Lipinski definition) is 7. The summed E-state index contributed by atoms with van der Waals surface area (Å²) in [5.74, 6) is -3.34. The lowest BCUT2D eigenvalue weighted by molar-refractivity contribution is -0.384. The van der Waals surface area contributed by atoms with Crippen LogP contribution in [0.1, 0.15) is 11.1 Å². The number of nitro benzene ring substituents is 1. The third-order valence-electron chi connectivity index (χ3n) is 7.54. The van der Waals surface area contributed by atoms with Gasteiger partial charge in [0.2, 0.25) is 17.7 Å². The number of fused-ring (bicyclic) bond motifs is 4. The maximum absolute atomic E-state index is 14.1. The van der Waals surface area contributed by atoms with E-state index in [2.05, 4.69) is 10.6 Å². The predicted molar refractivity (Wildman–Crippen MR) is 133 cm³/mol. The number of carbonyl (C=O) groups excluding carboxylic acids is 3. The molecular formula is C27H22N4O6. The van der Waals surface area contributed by atoms with Crippen LogP contribution in [0.5, 0.6) is 5.75 Å². The number of amides is 3. The molecule has 37 heavy (non-hydrogen) atoms. The molecule has 2 N–H and O–H groups in total. The first-order valence-electron chi connectivity index (χ1n) is 11.8. The minimum atomic E-state index is -1.46. The van der Waals surface area contributed by atoms with E-state index in [1.807, 2.05) is 30.3 Å². The van der Waals surface area contributed by atoms with Crippen LogP contribution in [0.25, 0.3) is 0 Å². The molecule has 186 valence electrons. The molecule has 0 saturated carbocycles. The molecule has 2 fully saturated rings. The fourth-order valence-corrected chi connectivity index (χ4v) is 6.01. The molecule has 3 aromatic carbocycles. The van der Waals surface area contributed by atoms with Crippen molar-refractivity contribution in [2.45, 2.75) is 18.0 Å². The molecular weight excluding hydrogens is 476 g/mol. The van der Waals surface area contributed by atoms with Gasteiger partial charge >= 0.3 is 0 Å². The number of para-hydroxylation sites is 1. The Hall–Kier alpha value is -4.57. The first kappa shape index (κ1) is 22.9. The number of non-ortho nitro benzene ring substituents is 1. The highest BCUT2D eigenvalue weighted by molar-refractivity contribution is 6.26. The number of benzene rings is 3. The van der Waals surface area contributed by atoms with E-state index in [1.54, 1.807) is 24.3 Å². The van der Waals surface area contributed by atoms with Crippen LogP contribution in [0.15, 0.2) is 72.8 Å². The average Bonchev–Trinajstić information content (AvgIpc) is 3.48. The van der Waals surface area contributed by atoms with E-state index < -0.39 is 46.1 Å². The lowest BCUT2D eigenvalue weighted by atomic mass is 9.76. The van der Waals surface area contributed by atoms with Gasteiger partial charge in [0.15, 0.2) is 0 Å². The van der Waals surface area contributed by atoms with Crippen LogP contribution in [0.3, 0.4) is 0 Å². The van der Waals surface area contributed by atoms with Gasteiger partial charge in [-0.25, -0.2) is 4.90 Å². The zero-order valence-corrected chi connectivity index (χ0v) is 19.7. The van der Waals surface area contributed by atoms with Crippen molar-refractivity contribution in [3.05, 3.63) is 94.0 Å². The smallest absolute Gasteiger partial charge is 0.271 e. The van der Waals surface area contributed by atoms with E-state index in [0.717, 1.165) is 16.5 Å². The summed E-state index contributed by atoms with van der Waals surface area (Å²) in [6.45, 7) is 0. The molecule has 0 aromatic heterocycles. The molecule has 3 aliphatic rings. The number of nitrogens with one attached hydrogen (secondary N) is 2. The van der Waals surface area contributed by atoms with E-state index in [4.69, 9.17) is 4.74 Å². The molecule has 3 heterocycles. The van der Waals surface area contributed by atoms with Crippen LogP contribution in [0.4, 0.5) is 17.1 Å². The highest BCUT2D eigenvalue weighted by Crippen LogP contribution is 2.54. The topological polar surface area (TPSA) is 131 Å². The van der Waals surface area contributed by atoms with Crippen LogP contribution in [-0.2, 0) is 26.3 Å². The summed E-state index contributed by atoms with van der Waals surface area (Å²) in [5.41, 5.74) is 0.350. The van der Waals surface area contributed by atoms with Crippen molar-refractivity contribution in [3.8, 4) is 5.75 Å². The number of anilines is 2. The lowest BCUT2D eigenvalue weighted by Crippen LogP contribution is -2.53. The maximum Gasteiger partial charge on any atom is 0.271 e. The zero-order chi connectivity index (χ0) is 25.9. The highest BCUT2D eigenvalue weighted by atomic mass is 16.6. The summed E-state index contributed by atoms with van der Waals surface area (Å²) in [6, 6.07) is 19.8. The summed E-state index contributed by atoms with van der Waals surface area (Å²) >= 11 is 0. The number of ether oxygens (including phenoxy) is 1. The fourth-order valence-electron chi connectivity index (χ4n) is 6.01. The van der Waals surface area contributed by atoms with Gasteiger partial charge < -0.3 is 10.1 Å². The Bertz CT molecular complexity index is 1470. The van der Waals surface area contributed by atoms with Gasteiger partial charge in [-0.05, 0) is 24.1 Å². The number of methoxy groups -OCH3 is 1. The van der Waals surface area contributed by atoms with Crippen molar-refractivity contribution in [1.82, 2.24) is 5.32 Å². The van der Waals surface area contributed by atoms with E-state index in [1.165, 1.54) is 19.2 Å². The van der Waals surface area contributed by atoms with Crippen LogP contribution in [-0.4, -0.2) is 35.8 Å². The van der Waals surface area contributed by atoms with Crippen molar-refractivity contribution >= 4 is 34.8 Å². The number of nitrogens with zero attached hydrogens (tertiary/aromatic N) is 2. The number of nitro groups is 1. The Kier molecular flexibility index (Phi) is 5.09. The fraction of sp³-hybridized carbons (Fsp3) is 0.222. The molecule has 0 radical (unpaired) electrons. The Balaban J connectivity index is 1.52. The molecule has 0 aliphatic carbocycles. The Morgan fingerprint density at radius 2 is 1.73 bits per heavy atom. The predicted octanol–water partition coefficient (Wildman–Crippen LogP) is 2.77. The van der Waals surface area contributed by atoms with Crippen molar-refractivity contribution in [1.29, 1.82) is 0 Å². The molecule has 6 rings (SSSR count). The molecule has 3 aromatic rings. The molecule has 4 atom stereocenters. The average molecular weight is 498 g/mol. The first-order valence-corrected chi connectivity index (χ1v) is 11.8. The number of imide groups is 1. The van der Waals surface area contributed by atoms with E-state index in [9.17, 15) is 24.5 Å². The summed E-state index contributed by atoms with van der Waals surface area (Å²) < 4.78 is 5.36. The minimum Gasteiger partial charge on any atom is -0.495 e. The monoisotopic (exact) mass is 498 g/mol. The van der Waals surface area contributed by atoms with Gasteiger partial charge in [0.1, 0.15) is 17.0 Å². The number of hydrogen-bond donors (Lipinski definition) is 2. The van der Waals surface area contributed by atoms with Crippen LogP contribution < -0.4 is 20.3 Å². The molecule has 0 bridgehead atoms. The lowest BCUT2D eigenvalue weighted by Gasteiger charge is -2.29. The quantitative estimate of drug-likeness (QED) is 0.314. The van der Waals surface area contributed by atoms with Gasteiger partial charge in [0.05, 0.1) is 23.9 Å². The minimum absolute atomic E-state index is 0.0126. The van der Waals surface area contributed by atoms with Crippen molar-refractivity contribution in [3.63, 3.8) is 0 Å². The van der Waals surface area contributed by atoms with Gasteiger partial charge in [0, 0.05) is 29.4 Å². The van der Waals surface area contributed by atoms with Crippen LogP contribution in [0, 0.1) is 22.0 Å². The molecule has 2 saturated heterocycles. The zero-order valence-electron chi connectivity index (χ0n) is 19.7. The summed E-state index contributed by atoms with van der Waals surface area (Å²) in [4.78, 5) is 53.6. The second-order valence-electron chi connectivity index (χ2n) is 9.38. The maximum atomic E-state index is 14.1. The first-order chi connectivity index (χ1) is 17.9. The van der Waals surface area contributed by atoms with Crippen molar-refractivity contribution in [2.75, 3.05) is 17.3 Å². The molecule has 3 aliphatic heterocycles. The van der Waals surface area contributed by atoms with E-state index in [-0.39, 0.29) is 17.1 Å². The van der Waals surface area contributed by atoms with Gasteiger partial charge in [-0.15, -0.1) is 0 Å². The third kappa shape index (κ3) is 3.19. The van der Waals surface area contributed by atoms with Crippen LogP contribution >= 0.6 is 0 Å². The molecule has 10 nitrogen and oxygen atoms in total. The second-order valence-corrected chi connectivity index (χ2v) is 9.38. The largest absolute Gasteiger partial charge is 0.495 e. The highest BCUT2D eigenvalue weighted by Gasteiger charge is 2.70. The van der Waals surface area contributed by atoms with Gasteiger partial charge in [-0.3, -0.25) is 29.8 Å². The van der Waals surface area contributed by atoms with Crippen molar-refractivity contribution < 1.29 is 24.0 Å². The standard InChI is InChI=1S/C27H22N4O6/c1-37-21-12-11-16(31(35)36)14-20(21)30-24(32)22-19(13-15-7-3-2-4-8-15)29-27(23(22)25(30)33)17-9-5-6-10-18(17)28-26(27)34/h2-12,14,19,22-23,29H,13H2,1H3,(H,28,34)/t19-,22-,23+,27-/m1/s1. The SMILES string of the molecule is COc1ccc([N+](=O)[O-])cc1N1C(=O)[C@H]2[C@@H](C1=O)[C@@]1(N[C@@H]2Cc2ccccc2)C(=O)Nc2ccccc21. The van der Waals surface area contributed by atoms with Gasteiger partial charge in [0.25, 0.3) is 5.69 Å². The number of carbonyl (C=O) groups is 3. The van der Waals surface area contributed by atoms with Crippen molar-refractivity contribution in [2.24, 2.45) is 11.8 Å².